The molecule has 1 saturated carbocycles. The Morgan fingerprint density at radius 1 is 1.22 bits per heavy atom. The summed E-state index contributed by atoms with van der Waals surface area (Å²) in [5.41, 5.74) is -0.354. The molecule has 1 aliphatic heterocycles. The molecule has 0 unspecified atom stereocenters. The van der Waals surface area contributed by atoms with Gasteiger partial charge in [-0.1, -0.05) is 6.07 Å². The second kappa shape index (κ2) is 10.0. The minimum absolute atomic E-state index is 0.144. The smallest absolute Gasteiger partial charge is 0.420 e. The topological polar surface area (TPSA) is 65.9 Å². The van der Waals surface area contributed by atoms with Crippen LogP contribution in [0.15, 0.2) is 29.2 Å². The van der Waals surface area contributed by atoms with Gasteiger partial charge in [0.2, 0.25) is 5.92 Å². The van der Waals surface area contributed by atoms with E-state index in [0.29, 0.717) is 29.4 Å². The minimum Gasteiger partial charge on any atom is -0.488 e. The number of aryl methyl sites for hydroxylation is 1. The van der Waals surface area contributed by atoms with E-state index in [2.05, 4.69) is 4.98 Å². The highest BCUT2D eigenvalue weighted by Gasteiger charge is 2.40. The number of likely N-dealkylation sites (N-methyl/N-ethyl adjacent to an activating group) is 1. The molecule has 0 radical (unpaired) electrons. The predicted molar refractivity (Wildman–Crippen MR) is 125 cm³/mol. The average molecular weight is 532 g/mol. The lowest BCUT2D eigenvalue weighted by molar-refractivity contribution is -0.139. The van der Waals surface area contributed by atoms with Gasteiger partial charge >= 0.3 is 12.1 Å². The number of fused-ring (bicyclic) bond motifs is 1. The van der Waals surface area contributed by atoms with Crippen LogP contribution in [-0.2, 0) is 12.8 Å². The number of carboxylic acids is 1. The molecular formula is C24H26F5N3O3S. The number of nitrogens with zero attached hydrogens (tertiary/aromatic N) is 3. The number of carbonyl (C=O) groups is 1. The largest absolute Gasteiger partial charge is 0.488 e. The molecule has 1 aromatic heterocycles. The molecule has 2 aromatic rings. The van der Waals surface area contributed by atoms with E-state index >= 15 is 0 Å². The standard InChI is InChI=1S/C24H26F5N3O3S/c1-14-3-4-15(21(30-14)22(33)34)13-35-19-12-20-18(11-17(19)24(27,28)29)32(10-9-31(2)36-20)16-5-7-23(25,26)8-6-16/h3-4,11-12,16H,5-10,13H2,1-2H3,(H,33,34). The first-order valence-electron chi connectivity index (χ1n) is 11.5. The Morgan fingerprint density at radius 3 is 2.56 bits per heavy atom. The van der Waals surface area contributed by atoms with Crippen LogP contribution in [0.2, 0.25) is 0 Å². The Bertz CT molecular complexity index is 1130. The number of hydrogen-bond donors (Lipinski definition) is 1. The summed E-state index contributed by atoms with van der Waals surface area (Å²) in [4.78, 5) is 17.8. The van der Waals surface area contributed by atoms with Crippen LogP contribution in [0.4, 0.5) is 27.6 Å². The monoisotopic (exact) mass is 531 g/mol. The number of ether oxygens (including phenoxy) is 1. The van der Waals surface area contributed by atoms with Crippen molar-refractivity contribution in [1.82, 2.24) is 9.29 Å². The van der Waals surface area contributed by atoms with Crippen molar-refractivity contribution in [1.29, 1.82) is 0 Å². The molecule has 196 valence electrons. The summed E-state index contributed by atoms with van der Waals surface area (Å²) in [5.74, 6) is -4.48. The van der Waals surface area contributed by atoms with E-state index in [0.717, 1.165) is 6.07 Å². The van der Waals surface area contributed by atoms with Crippen molar-refractivity contribution < 1.29 is 36.6 Å². The molecule has 1 aliphatic carbocycles. The number of alkyl halides is 5. The van der Waals surface area contributed by atoms with Gasteiger partial charge < -0.3 is 14.7 Å². The maximum absolute atomic E-state index is 14.1. The van der Waals surface area contributed by atoms with Gasteiger partial charge in [-0.2, -0.15) is 13.2 Å². The van der Waals surface area contributed by atoms with Crippen LogP contribution in [0.1, 0.15) is 53.0 Å². The first-order chi connectivity index (χ1) is 16.8. The molecule has 36 heavy (non-hydrogen) atoms. The van der Waals surface area contributed by atoms with Gasteiger partial charge in [-0.05, 0) is 57.0 Å². The predicted octanol–water partition coefficient (Wildman–Crippen LogP) is 6.02. The lowest BCUT2D eigenvalue weighted by Crippen LogP contribution is -2.43. The Hall–Kier alpha value is -2.60. The number of benzene rings is 1. The maximum Gasteiger partial charge on any atom is 0.420 e. The average Bonchev–Trinajstić information content (AvgIpc) is 2.94. The van der Waals surface area contributed by atoms with Crippen molar-refractivity contribution in [3.05, 3.63) is 46.8 Å². The summed E-state index contributed by atoms with van der Waals surface area (Å²) in [5, 5.41) is 9.42. The van der Waals surface area contributed by atoms with Gasteiger partial charge in [0.25, 0.3) is 0 Å². The number of aromatic nitrogens is 1. The number of anilines is 1. The van der Waals surface area contributed by atoms with Gasteiger partial charge in [0.05, 0.1) is 16.1 Å². The quantitative estimate of drug-likeness (QED) is 0.374. The minimum atomic E-state index is -4.75. The van der Waals surface area contributed by atoms with Crippen molar-refractivity contribution in [2.75, 3.05) is 25.0 Å². The molecule has 1 aromatic carbocycles. The van der Waals surface area contributed by atoms with Crippen LogP contribution in [0, 0.1) is 6.92 Å². The number of aromatic carboxylic acids is 1. The molecule has 0 saturated heterocycles. The van der Waals surface area contributed by atoms with E-state index in [4.69, 9.17) is 4.74 Å². The third-order valence-corrected chi connectivity index (χ3v) is 7.44. The zero-order valence-electron chi connectivity index (χ0n) is 19.7. The van der Waals surface area contributed by atoms with E-state index in [-0.39, 0.29) is 43.0 Å². The highest BCUT2D eigenvalue weighted by atomic mass is 32.2. The Kier molecular flexibility index (Phi) is 7.38. The number of pyridine rings is 1. The van der Waals surface area contributed by atoms with Crippen molar-refractivity contribution >= 4 is 23.6 Å². The molecule has 12 heteroatoms. The normalized spacial score (nSPS) is 19.0. The van der Waals surface area contributed by atoms with E-state index < -0.39 is 36.0 Å². The lowest BCUT2D eigenvalue weighted by atomic mass is 9.90. The van der Waals surface area contributed by atoms with Gasteiger partial charge in [-0.3, -0.25) is 0 Å². The molecule has 1 fully saturated rings. The second-order valence-electron chi connectivity index (χ2n) is 9.09. The first-order valence-corrected chi connectivity index (χ1v) is 12.2. The van der Waals surface area contributed by atoms with E-state index in [9.17, 15) is 31.9 Å². The Balaban J connectivity index is 1.70. The summed E-state index contributed by atoms with van der Waals surface area (Å²) >= 11 is 1.26. The van der Waals surface area contributed by atoms with E-state index in [1.54, 1.807) is 13.0 Å². The van der Waals surface area contributed by atoms with E-state index in [1.807, 2.05) is 16.3 Å². The van der Waals surface area contributed by atoms with Gasteiger partial charge in [-0.25, -0.2) is 22.9 Å². The highest BCUT2D eigenvalue weighted by Crippen LogP contribution is 2.47. The lowest BCUT2D eigenvalue weighted by Gasteiger charge is -2.38. The molecule has 6 nitrogen and oxygen atoms in total. The van der Waals surface area contributed by atoms with Gasteiger partial charge in [0, 0.05) is 43.2 Å². The molecule has 2 aliphatic rings. The molecule has 0 amide bonds. The Labute approximate surface area is 209 Å². The molecule has 1 N–H and O–H groups in total. The third kappa shape index (κ3) is 5.86. The van der Waals surface area contributed by atoms with Crippen LogP contribution in [-0.4, -0.2) is 52.5 Å². The zero-order chi connectivity index (χ0) is 26.3. The summed E-state index contributed by atoms with van der Waals surface area (Å²) in [6.45, 7) is 2.12. The number of halogens is 5. The van der Waals surface area contributed by atoms with Gasteiger partial charge in [-0.15, -0.1) is 0 Å². The molecule has 2 heterocycles. The fourth-order valence-corrected chi connectivity index (χ4v) is 5.47. The van der Waals surface area contributed by atoms with Crippen molar-refractivity contribution in [3.63, 3.8) is 0 Å². The van der Waals surface area contributed by atoms with Crippen LogP contribution in [0.3, 0.4) is 0 Å². The first kappa shape index (κ1) is 26.5. The Morgan fingerprint density at radius 2 is 1.92 bits per heavy atom. The molecule has 0 spiro atoms. The van der Waals surface area contributed by atoms with Crippen LogP contribution < -0.4 is 9.64 Å². The van der Waals surface area contributed by atoms with Crippen molar-refractivity contribution in [2.45, 2.75) is 62.3 Å². The fourth-order valence-electron chi connectivity index (χ4n) is 4.53. The zero-order valence-corrected chi connectivity index (χ0v) is 20.6. The van der Waals surface area contributed by atoms with Gasteiger partial charge in [0.1, 0.15) is 12.4 Å². The highest BCUT2D eigenvalue weighted by molar-refractivity contribution is 7.97. The summed E-state index contributed by atoms with van der Waals surface area (Å²) in [7, 11) is 1.81. The third-order valence-electron chi connectivity index (χ3n) is 6.42. The number of carboxylic acid groups (broad SMARTS) is 1. The SMILES string of the molecule is Cc1ccc(COc2cc3c(cc2C(F)(F)F)N(C2CCC(F)(F)CC2)CCN(C)S3)c(C(=O)O)n1. The second-order valence-corrected chi connectivity index (χ2v) is 10.3. The van der Waals surface area contributed by atoms with Crippen LogP contribution in [0.5, 0.6) is 5.75 Å². The van der Waals surface area contributed by atoms with Crippen molar-refractivity contribution in [3.8, 4) is 5.75 Å². The maximum atomic E-state index is 14.1. The molecule has 0 atom stereocenters. The summed E-state index contributed by atoms with van der Waals surface area (Å²) in [6.07, 6.45) is -4.95. The van der Waals surface area contributed by atoms with Crippen molar-refractivity contribution in [2.24, 2.45) is 0 Å². The molecular weight excluding hydrogens is 505 g/mol. The summed E-state index contributed by atoms with van der Waals surface area (Å²) in [6, 6.07) is 5.06. The summed E-state index contributed by atoms with van der Waals surface area (Å²) < 4.78 is 77.3. The van der Waals surface area contributed by atoms with E-state index in [1.165, 1.54) is 24.1 Å². The molecule has 4 rings (SSSR count). The van der Waals surface area contributed by atoms with Crippen LogP contribution >= 0.6 is 11.9 Å². The number of hydrogen-bond acceptors (Lipinski definition) is 6. The fraction of sp³-hybridized carbons (Fsp3) is 0.500. The number of rotatable bonds is 5. The van der Waals surface area contributed by atoms with Crippen LogP contribution in [0.25, 0.3) is 0 Å². The molecule has 0 bridgehead atoms. The van der Waals surface area contributed by atoms with Gasteiger partial charge in [0.15, 0.2) is 5.69 Å².